The number of hydroxylamine groups is 1. The Bertz CT molecular complexity index is 2130. The monoisotopic (exact) mass is 595 g/mol. The SMILES string of the molecule is CON(C)c1cc2c(c(N=Nc3ccc4c(c3)C(=O)c3cc(N=Nc5c(O)c(C)cc6ccccc56)ccc3-4)c1O)CC=CC2. The summed E-state index contributed by atoms with van der Waals surface area (Å²) in [7, 11) is 3.24. The Morgan fingerprint density at radius 3 is 2.07 bits per heavy atom. The van der Waals surface area contributed by atoms with E-state index in [0.717, 1.165) is 39.4 Å². The second-order valence-corrected chi connectivity index (χ2v) is 11.1. The second-order valence-electron chi connectivity index (χ2n) is 11.1. The summed E-state index contributed by atoms with van der Waals surface area (Å²) in [6.45, 7) is 1.82. The summed E-state index contributed by atoms with van der Waals surface area (Å²) in [4.78, 5) is 18.9. The number of benzene rings is 5. The Kier molecular flexibility index (Phi) is 6.94. The minimum Gasteiger partial charge on any atom is -0.505 e. The molecule has 2 aliphatic rings. The van der Waals surface area contributed by atoms with Crippen molar-refractivity contribution >= 4 is 45.0 Å². The van der Waals surface area contributed by atoms with Crippen molar-refractivity contribution < 1.29 is 19.8 Å². The number of aryl methyl sites for hydroxylation is 1. The maximum absolute atomic E-state index is 13.6. The second kappa shape index (κ2) is 11.1. The number of allylic oxidation sites excluding steroid dienone is 2. The maximum atomic E-state index is 13.6. The van der Waals surface area contributed by atoms with Gasteiger partial charge in [-0.05, 0) is 89.4 Å². The van der Waals surface area contributed by atoms with Gasteiger partial charge in [0.15, 0.2) is 11.5 Å². The third-order valence-corrected chi connectivity index (χ3v) is 8.39. The van der Waals surface area contributed by atoms with Crippen molar-refractivity contribution in [1.29, 1.82) is 0 Å². The van der Waals surface area contributed by atoms with Crippen molar-refractivity contribution in [1.82, 2.24) is 0 Å². The topological polar surface area (TPSA) is 119 Å². The molecule has 5 aromatic carbocycles. The average Bonchev–Trinajstić information content (AvgIpc) is 3.34. The number of hydrogen-bond donors (Lipinski definition) is 2. The molecule has 0 saturated carbocycles. The molecule has 0 spiro atoms. The molecule has 0 unspecified atom stereocenters. The molecule has 5 aromatic rings. The Labute approximate surface area is 259 Å². The van der Waals surface area contributed by atoms with Crippen LogP contribution < -0.4 is 5.06 Å². The van der Waals surface area contributed by atoms with Crippen LogP contribution in [0.3, 0.4) is 0 Å². The largest absolute Gasteiger partial charge is 0.505 e. The van der Waals surface area contributed by atoms with Crippen LogP contribution in [0.4, 0.5) is 28.4 Å². The number of anilines is 1. The third kappa shape index (κ3) is 4.83. The molecule has 0 fully saturated rings. The van der Waals surface area contributed by atoms with Crippen molar-refractivity contribution in [2.45, 2.75) is 19.8 Å². The number of aromatic hydroxyl groups is 2. The van der Waals surface area contributed by atoms with Crippen LogP contribution in [0.25, 0.3) is 21.9 Å². The minimum atomic E-state index is -0.146. The molecule has 0 bridgehead atoms. The quantitative estimate of drug-likeness (QED) is 0.113. The standard InChI is InChI=1S/C36H29N5O4/c1-20-16-21-8-4-6-10-25(21)32(34(20)42)39-37-23-12-14-27-28-15-13-24(19-30(28)35(43)29(27)18-23)38-40-33-26-11-7-5-9-22(26)17-31(36(33)44)41(2)45-3/h4-8,10,12-19,42,44H,9,11H2,1-3H3. The highest BCUT2D eigenvalue weighted by atomic mass is 16.7. The number of nitrogens with zero attached hydrogens (tertiary/aromatic N) is 5. The Balaban J connectivity index is 1.19. The van der Waals surface area contributed by atoms with E-state index >= 15 is 0 Å². The van der Waals surface area contributed by atoms with Gasteiger partial charge in [0, 0.05) is 23.6 Å². The first-order chi connectivity index (χ1) is 21.8. The van der Waals surface area contributed by atoms with Crippen molar-refractivity contribution in [2.24, 2.45) is 20.5 Å². The number of carbonyl (C=O) groups excluding carboxylic acids is 1. The first-order valence-electron chi connectivity index (χ1n) is 14.5. The highest BCUT2D eigenvalue weighted by molar-refractivity contribution is 6.22. The van der Waals surface area contributed by atoms with E-state index in [1.165, 1.54) is 12.2 Å². The summed E-state index contributed by atoms with van der Waals surface area (Å²) >= 11 is 0. The molecular formula is C36H29N5O4. The van der Waals surface area contributed by atoms with Gasteiger partial charge in [-0.15, -0.1) is 10.2 Å². The van der Waals surface area contributed by atoms with Crippen molar-refractivity contribution in [3.63, 3.8) is 0 Å². The van der Waals surface area contributed by atoms with Crippen LogP contribution >= 0.6 is 0 Å². The van der Waals surface area contributed by atoms with Gasteiger partial charge in [-0.1, -0.05) is 48.6 Å². The maximum Gasteiger partial charge on any atom is 0.194 e. The smallest absolute Gasteiger partial charge is 0.194 e. The normalized spacial score (nSPS) is 13.5. The number of carbonyl (C=O) groups is 1. The lowest BCUT2D eigenvalue weighted by Gasteiger charge is -2.22. The van der Waals surface area contributed by atoms with Crippen LogP contribution in [0.15, 0.2) is 105 Å². The molecule has 222 valence electrons. The zero-order valence-corrected chi connectivity index (χ0v) is 24.9. The highest BCUT2D eigenvalue weighted by Crippen LogP contribution is 2.45. The minimum absolute atomic E-state index is 0.0181. The molecule has 0 heterocycles. The van der Waals surface area contributed by atoms with Crippen molar-refractivity contribution in [2.75, 3.05) is 19.2 Å². The van der Waals surface area contributed by atoms with Crippen LogP contribution in [0.2, 0.25) is 0 Å². The molecule has 9 nitrogen and oxygen atoms in total. The summed E-state index contributed by atoms with van der Waals surface area (Å²) < 4.78 is 0. The van der Waals surface area contributed by atoms with Gasteiger partial charge >= 0.3 is 0 Å². The lowest BCUT2D eigenvalue weighted by molar-refractivity contribution is 0.104. The van der Waals surface area contributed by atoms with E-state index < -0.39 is 0 Å². The van der Waals surface area contributed by atoms with E-state index in [9.17, 15) is 15.0 Å². The van der Waals surface area contributed by atoms with E-state index in [1.807, 2.05) is 61.5 Å². The predicted octanol–water partition coefficient (Wildman–Crippen LogP) is 9.25. The summed E-state index contributed by atoms with van der Waals surface area (Å²) in [6.07, 6.45) is 5.48. The van der Waals surface area contributed by atoms with Crippen LogP contribution in [0.1, 0.15) is 32.6 Å². The fraction of sp³-hybridized carbons (Fsp3) is 0.139. The molecule has 0 aliphatic heterocycles. The van der Waals surface area contributed by atoms with Gasteiger partial charge in [0.1, 0.15) is 22.8 Å². The molecule has 0 saturated heterocycles. The predicted molar refractivity (Wildman–Crippen MR) is 174 cm³/mol. The number of ketones is 1. The van der Waals surface area contributed by atoms with Crippen LogP contribution in [-0.2, 0) is 17.7 Å². The Hall–Kier alpha value is -5.67. The van der Waals surface area contributed by atoms with Gasteiger partial charge in [0.2, 0.25) is 0 Å². The summed E-state index contributed by atoms with van der Waals surface area (Å²) in [5.74, 6) is -0.0889. The summed E-state index contributed by atoms with van der Waals surface area (Å²) in [6, 6.07) is 22.3. The fourth-order valence-corrected chi connectivity index (χ4v) is 5.95. The molecule has 2 aliphatic carbocycles. The van der Waals surface area contributed by atoms with E-state index in [-0.39, 0.29) is 17.3 Å². The van der Waals surface area contributed by atoms with Gasteiger partial charge in [-0.2, -0.15) is 10.2 Å². The Morgan fingerprint density at radius 2 is 1.38 bits per heavy atom. The lowest BCUT2D eigenvalue weighted by Crippen LogP contribution is -2.15. The first-order valence-corrected chi connectivity index (χ1v) is 14.5. The fourth-order valence-electron chi connectivity index (χ4n) is 5.95. The third-order valence-electron chi connectivity index (χ3n) is 8.39. The molecular weight excluding hydrogens is 566 g/mol. The number of azo groups is 2. The van der Waals surface area contributed by atoms with Crippen LogP contribution in [0.5, 0.6) is 11.5 Å². The molecule has 0 atom stereocenters. The van der Waals surface area contributed by atoms with Crippen LogP contribution in [-0.4, -0.2) is 30.2 Å². The zero-order chi connectivity index (χ0) is 31.2. The molecule has 2 N–H and O–H groups in total. The molecule has 45 heavy (non-hydrogen) atoms. The van der Waals surface area contributed by atoms with E-state index in [2.05, 4.69) is 26.5 Å². The summed E-state index contributed by atoms with van der Waals surface area (Å²) in [5.41, 5.74) is 7.54. The first kappa shape index (κ1) is 28.1. The van der Waals surface area contributed by atoms with Gasteiger partial charge < -0.3 is 10.2 Å². The molecule has 7 rings (SSSR count). The Morgan fingerprint density at radius 1 is 0.733 bits per heavy atom. The van der Waals surface area contributed by atoms with Gasteiger partial charge in [-0.3, -0.25) is 14.7 Å². The molecule has 0 aromatic heterocycles. The number of hydrogen-bond acceptors (Lipinski definition) is 9. The molecule has 9 heteroatoms. The number of phenolic OH excluding ortho intramolecular Hbond substituents is 2. The lowest BCUT2D eigenvalue weighted by atomic mass is 9.94. The van der Waals surface area contributed by atoms with E-state index in [0.29, 0.717) is 51.5 Å². The average molecular weight is 596 g/mol. The number of phenols is 2. The van der Waals surface area contributed by atoms with Gasteiger partial charge in [-0.25, -0.2) is 0 Å². The molecule has 0 radical (unpaired) electrons. The highest BCUT2D eigenvalue weighted by Gasteiger charge is 2.27. The van der Waals surface area contributed by atoms with Gasteiger partial charge in [0.25, 0.3) is 0 Å². The van der Waals surface area contributed by atoms with E-state index in [4.69, 9.17) is 4.84 Å². The zero-order valence-electron chi connectivity index (χ0n) is 24.9. The molecule has 0 amide bonds. The van der Waals surface area contributed by atoms with Gasteiger partial charge in [0.05, 0.1) is 18.5 Å². The number of rotatable bonds is 6. The van der Waals surface area contributed by atoms with E-state index in [1.54, 1.807) is 31.3 Å². The summed E-state index contributed by atoms with van der Waals surface area (Å²) in [5, 5.41) is 42.7. The van der Waals surface area contributed by atoms with Crippen molar-refractivity contribution in [3.05, 3.63) is 113 Å². The van der Waals surface area contributed by atoms with Crippen LogP contribution in [0, 0.1) is 6.92 Å². The number of fused-ring (bicyclic) bond motifs is 5. The van der Waals surface area contributed by atoms with Crippen molar-refractivity contribution in [3.8, 4) is 22.6 Å².